The molecule has 1 aromatic carbocycles. The van der Waals surface area contributed by atoms with Gasteiger partial charge < -0.3 is 9.64 Å². The van der Waals surface area contributed by atoms with Crippen LogP contribution in [0.15, 0.2) is 33.6 Å². The number of halogens is 1. The van der Waals surface area contributed by atoms with Gasteiger partial charge in [0.25, 0.3) is 0 Å². The van der Waals surface area contributed by atoms with Gasteiger partial charge in [0.1, 0.15) is 5.60 Å². The van der Waals surface area contributed by atoms with E-state index in [2.05, 4.69) is 28.1 Å². The molecule has 2 rings (SSSR count). The van der Waals surface area contributed by atoms with Gasteiger partial charge in [-0.05, 0) is 51.5 Å². The minimum absolute atomic E-state index is 0.198. The van der Waals surface area contributed by atoms with Crippen molar-refractivity contribution in [3.8, 4) is 0 Å². The molecule has 3 nitrogen and oxygen atoms in total. The Balaban J connectivity index is 1.86. The molecule has 1 heterocycles. The number of hydrogen-bond acceptors (Lipinski definition) is 3. The van der Waals surface area contributed by atoms with Crippen LogP contribution in [0.25, 0.3) is 0 Å². The monoisotopic (exact) mass is 357 g/mol. The lowest BCUT2D eigenvalue weighted by Gasteiger charge is -2.24. The lowest BCUT2D eigenvalue weighted by Crippen LogP contribution is -2.35. The van der Waals surface area contributed by atoms with E-state index in [1.54, 1.807) is 0 Å². The highest BCUT2D eigenvalue weighted by molar-refractivity contribution is 9.10. The summed E-state index contributed by atoms with van der Waals surface area (Å²) in [5, 5.41) is 0.448. The average Bonchev–Trinajstić information content (AvgIpc) is 2.79. The van der Waals surface area contributed by atoms with Crippen LogP contribution in [0.4, 0.5) is 4.79 Å². The Morgan fingerprint density at radius 3 is 2.60 bits per heavy atom. The first kappa shape index (κ1) is 15.7. The maximum atomic E-state index is 12.0. The van der Waals surface area contributed by atoms with Crippen molar-refractivity contribution < 1.29 is 9.53 Å². The molecule has 1 aromatic rings. The molecular weight excluding hydrogens is 338 g/mol. The molecule has 0 bridgehead atoms. The van der Waals surface area contributed by atoms with Crippen LogP contribution in [0.2, 0.25) is 0 Å². The summed E-state index contributed by atoms with van der Waals surface area (Å²) in [5.74, 6) is 0. The van der Waals surface area contributed by atoms with Crippen LogP contribution in [0.5, 0.6) is 0 Å². The lowest BCUT2D eigenvalue weighted by atomic mass is 10.2. The van der Waals surface area contributed by atoms with Crippen molar-refractivity contribution in [2.24, 2.45) is 0 Å². The van der Waals surface area contributed by atoms with Crippen molar-refractivity contribution in [1.29, 1.82) is 0 Å². The largest absolute Gasteiger partial charge is 0.444 e. The van der Waals surface area contributed by atoms with E-state index in [4.69, 9.17) is 4.74 Å². The Morgan fingerprint density at radius 2 is 2.00 bits per heavy atom. The van der Waals surface area contributed by atoms with Crippen LogP contribution in [0, 0.1) is 0 Å². The van der Waals surface area contributed by atoms with E-state index < -0.39 is 5.60 Å². The SMILES string of the molecule is CC(C)(C)OC(=O)N1CCC(Sc2ccc(Br)cc2)C1. The minimum Gasteiger partial charge on any atom is -0.444 e. The summed E-state index contributed by atoms with van der Waals surface area (Å²) in [5.41, 5.74) is -0.423. The standard InChI is InChI=1S/C15H20BrNO2S/c1-15(2,3)19-14(18)17-9-8-13(10-17)20-12-6-4-11(16)5-7-12/h4-7,13H,8-10H2,1-3H3. The van der Waals surface area contributed by atoms with Crippen LogP contribution in [0.1, 0.15) is 27.2 Å². The normalized spacial score (nSPS) is 19.2. The molecule has 1 saturated heterocycles. The third-order valence-electron chi connectivity index (χ3n) is 2.91. The van der Waals surface area contributed by atoms with Gasteiger partial charge in [-0.1, -0.05) is 15.9 Å². The highest BCUT2D eigenvalue weighted by atomic mass is 79.9. The second-order valence-corrected chi connectivity index (χ2v) is 8.20. The van der Waals surface area contributed by atoms with Gasteiger partial charge in [0, 0.05) is 27.7 Å². The van der Waals surface area contributed by atoms with Gasteiger partial charge in [-0.15, -0.1) is 11.8 Å². The molecule has 0 N–H and O–H groups in total. The summed E-state index contributed by atoms with van der Waals surface area (Å²) < 4.78 is 6.49. The fourth-order valence-electron chi connectivity index (χ4n) is 2.02. The first-order valence-electron chi connectivity index (χ1n) is 6.74. The molecule has 1 unspecified atom stereocenters. The number of hydrogen-bond donors (Lipinski definition) is 0. The quantitative estimate of drug-likeness (QED) is 0.777. The van der Waals surface area contributed by atoms with E-state index >= 15 is 0 Å². The summed E-state index contributed by atoms with van der Waals surface area (Å²) >= 11 is 5.26. The van der Waals surface area contributed by atoms with Crippen molar-refractivity contribution in [3.63, 3.8) is 0 Å². The fraction of sp³-hybridized carbons (Fsp3) is 0.533. The second kappa shape index (κ2) is 6.39. The van der Waals surface area contributed by atoms with Crippen molar-refractivity contribution in [3.05, 3.63) is 28.7 Å². The smallest absolute Gasteiger partial charge is 0.410 e. The number of benzene rings is 1. The van der Waals surface area contributed by atoms with Crippen LogP contribution in [-0.4, -0.2) is 34.9 Å². The first-order valence-corrected chi connectivity index (χ1v) is 8.41. The predicted octanol–water partition coefficient (Wildman–Crippen LogP) is 4.55. The molecule has 1 aliphatic rings. The fourth-order valence-corrected chi connectivity index (χ4v) is 3.44. The van der Waals surface area contributed by atoms with E-state index in [1.807, 2.05) is 49.6 Å². The molecule has 1 aliphatic heterocycles. The third-order valence-corrected chi connectivity index (χ3v) is 4.70. The predicted molar refractivity (Wildman–Crippen MR) is 86.2 cm³/mol. The Labute approximate surface area is 133 Å². The van der Waals surface area contributed by atoms with Crippen LogP contribution < -0.4 is 0 Å². The van der Waals surface area contributed by atoms with Gasteiger partial charge in [-0.25, -0.2) is 4.79 Å². The molecule has 0 radical (unpaired) electrons. The molecule has 110 valence electrons. The number of rotatable bonds is 2. The van der Waals surface area contributed by atoms with Crippen LogP contribution in [0.3, 0.4) is 0 Å². The molecule has 0 saturated carbocycles. The van der Waals surface area contributed by atoms with E-state index in [1.165, 1.54) is 4.90 Å². The number of carbonyl (C=O) groups is 1. The molecule has 0 spiro atoms. The summed E-state index contributed by atoms with van der Waals surface area (Å²) in [6.07, 6.45) is 0.816. The van der Waals surface area contributed by atoms with Crippen LogP contribution >= 0.6 is 27.7 Å². The first-order chi connectivity index (χ1) is 9.33. The number of ether oxygens (including phenoxy) is 1. The molecule has 0 aliphatic carbocycles. The molecule has 0 aromatic heterocycles. The summed E-state index contributed by atoms with van der Waals surface area (Å²) in [7, 11) is 0. The Kier molecular flexibility index (Phi) is 5.02. The number of carbonyl (C=O) groups excluding carboxylic acids is 1. The van der Waals surface area contributed by atoms with Gasteiger partial charge in [0.15, 0.2) is 0 Å². The van der Waals surface area contributed by atoms with Gasteiger partial charge in [0.05, 0.1) is 0 Å². The zero-order valence-corrected chi connectivity index (χ0v) is 14.5. The average molecular weight is 358 g/mol. The highest BCUT2D eigenvalue weighted by Crippen LogP contribution is 2.31. The van der Waals surface area contributed by atoms with Gasteiger partial charge in [0.2, 0.25) is 0 Å². The summed E-state index contributed by atoms with van der Waals surface area (Å²) in [4.78, 5) is 15.0. The van der Waals surface area contributed by atoms with Crippen molar-refractivity contribution >= 4 is 33.8 Å². The van der Waals surface area contributed by atoms with E-state index in [-0.39, 0.29) is 6.09 Å². The minimum atomic E-state index is -0.423. The van der Waals surface area contributed by atoms with Crippen LogP contribution in [-0.2, 0) is 4.74 Å². The molecule has 5 heteroatoms. The van der Waals surface area contributed by atoms with E-state index in [0.29, 0.717) is 5.25 Å². The zero-order valence-electron chi connectivity index (χ0n) is 12.1. The number of thioether (sulfide) groups is 1. The Morgan fingerprint density at radius 1 is 1.35 bits per heavy atom. The number of nitrogens with zero attached hydrogens (tertiary/aromatic N) is 1. The topological polar surface area (TPSA) is 29.5 Å². The van der Waals surface area contributed by atoms with E-state index in [9.17, 15) is 4.79 Å². The zero-order chi connectivity index (χ0) is 14.8. The third kappa shape index (κ3) is 4.70. The number of amides is 1. The second-order valence-electron chi connectivity index (χ2n) is 5.91. The lowest BCUT2D eigenvalue weighted by molar-refractivity contribution is 0.0295. The van der Waals surface area contributed by atoms with E-state index in [0.717, 1.165) is 24.0 Å². The number of likely N-dealkylation sites (tertiary alicyclic amines) is 1. The Bertz CT molecular complexity index is 470. The van der Waals surface area contributed by atoms with Gasteiger partial charge in [-0.3, -0.25) is 0 Å². The van der Waals surface area contributed by atoms with Gasteiger partial charge in [-0.2, -0.15) is 0 Å². The molecule has 1 fully saturated rings. The maximum Gasteiger partial charge on any atom is 0.410 e. The highest BCUT2D eigenvalue weighted by Gasteiger charge is 2.30. The van der Waals surface area contributed by atoms with Crippen molar-refractivity contribution in [2.45, 2.75) is 42.9 Å². The van der Waals surface area contributed by atoms with Gasteiger partial charge >= 0.3 is 6.09 Å². The summed E-state index contributed by atoms with van der Waals surface area (Å²) in [6, 6.07) is 8.29. The Hall–Kier alpha value is -0.680. The molecular formula is C15H20BrNO2S. The van der Waals surface area contributed by atoms with Crippen molar-refractivity contribution in [2.75, 3.05) is 13.1 Å². The summed E-state index contributed by atoms with van der Waals surface area (Å²) in [6.45, 7) is 7.23. The molecule has 20 heavy (non-hydrogen) atoms. The maximum absolute atomic E-state index is 12.0. The molecule has 1 atom stereocenters. The van der Waals surface area contributed by atoms with Crippen molar-refractivity contribution in [1.82, 2.24) is 4.90 Å². The molecule has 1 amide bonds.